The van der Waals surface area contributed by atoms with Crippen LogP contribution in [0, 0.1) is 0 Å². The fourth-order valence-corrected chi connectivity index (χ4v) is 5.17. The Bertz CT molecular complexity index is 951. The van der Waals surface area contributed by atoms with Gasteiger partial charge >= 0.3 is 12.0 Å². The number of nitrogens with zero attached hydrogens (tertiary/aromatic N) is 1. The van der Waals surface area contributed by atoms with Crippen LogP contribution in [0.1, 0.15) is 36.2 Å². The van der Waals surface area contributed by atoms with Crippen molar-refractivity contribution in [3.8, 4) is 0 Å². The number of fused-ring (bicyclic) bond motifs is 1. The van der Waals surface area contributed by atoms with Gasteiger partial charge in [-0.05, 0) is 37.9 Å². The van der Waals surface area contributed by atoms with Crippen LogP contribution >= 0.6 is 7.57 Å². The van der Waals surface area contributed by atoms with Crippen LogP contribution in [0.4, 0.5) is 4.79 Å². The minimum absolute atomic E-state index is 0.0669. The number of carbonyl (C=O) groups excluding carboxylic acids is 2. The van der Waals surface area contributed by atoms with Crippen LogP contribution in [-0.4, -0.2) is 65.7 Å². The maximum absolute atomic E-state index is 12.4. The highest BCUT2D eigenvalue weighted by molar-refractivity contribution is 7.59. The number of aliphatic hydroxyl groups excluding tert-OH is 1. The molecule has 3 heterocycles. The first-order valence-electron chi connectivity index (χ1n) is 10.3. The molecule has 1 aromatic rings. The second kappa shape index (κ2) is 9.35. The Morgan fingerprint density at radius 2 is 2.16 bits per heavy atom. The van der Waals surface area contributed by atoms with E-state index in [1.54, 1.807) is 38.1 Å². The number of hydrogen-bond acceptors (Lipinski definition) is 8. The summed E-state index contributed by atoms with van der Waals surface area (Å²) in [7, 11) is -2.93. The molecular weight excluding hydrogens is 439 g/mol. The van der Waals surface area contributed by atoms with Crippen molar-refractivity contribution in [1.82, 2.24) is 10.2 Å². The van der Waals surface area contributed by atoms with Crippen molar-refractivity contribution in [1.29, 1.82) is 0 Å². The van der Waals surface area contributed by atoms with Crippen LogP contribution in [0.5, 0.6) is 0 Å². The number of aliphatic hydroxyl groups is 1. The van der Waals surface area contributed by atoms with E-state index >= 15 is 0 Å². The van der Waals surface area contributed by atoms with Gasteiger partial charge in [0, 0.05) is 12.6 Å². The highest BCUT2D eigenvalue weighted by atomic mass is 31.2. The van der Waals surface area contributed by atoms with Crippen LogP contribution in [-0.2, 0) is 29.7 Å². The summed E-state index contributed by atoms with van der Waals surface area (Å²) in [4.78, 5) is 25.9. The fourth-order valence-electron chi connectivity index (χ4n) is 3.63. The SMILES string of the molecule is C=P1(OCc2ccccc2C(=O)OC(C)C)OC[C@H]2O[C@@H](N3C=CC(O)NC3=O)C[C@@H]2O1. The second-order valence-corrected chi connectivity index (χ2v) is 9.89. The molecule has 0 aliphatic carbocycles. The number of esters is 1. The number of carbonyl (C=O) groups is 2. The van der Waals surface area contributed by atoms with Gasteiger partial charge in [0.15, 0.2) is 0 Å². The minimum atomic E-state index is -2.93. The normalized spacial score (nSPS) is 32.0. The lowest BCUT2D eigenvalue weighted by Crippen LogP contribution is -2.49. The Morgan fingerprint density at radius 3 is 2.91 bits per heavy atom. The molecule has 0 spiro atoms. The number of rotatable bonds is 6. The number of hydrogen-bond donors (Lipinski definition) is 2. The Balaban J connectivity index is 1.38. The Kier molecular flexibility index (Phi) is 6.71. The standard InChI is InChI=1S/C21H27N2O8P/c1-13(2)29-20(25)15-7-5-4-6-14(15)11-27-32(3)28-12-17-16(31-32)10-19(30-17)23-9-8-18(24)22-21(23)26/h4-9,13,16-19,24H,3,10-12H2,1-2H3,(H,22,26)/t16-,17+,18?,19+,32?/m0/s1. The Morgan fingerprint density at radius 1 is 1.38 bits per heavy atom. The first-order valence-corrected chi connectivity index (χ1v) is 12.1. The third kappa shape index (κ3) is 5.06. The van der Waals surface area contributed by atoms with Gasteiger partial charge in [0.2, 0.25) is 0 Å². The third-order valence-corrected chi connectivity index (χ3v) is 6.81. The summed E-state index contributed by atoms with van der Waals surface area (Å²) in [6.07, 6.45) is 4.81. The number of ether oxygens (including phenoxy) is 2. The van der Waals surface area contributed by atoms with Crippen LogP contribution in [0.3, 0.4) is 0 Å². The van der Waals surface area contributed by atoms with Gasteiger partial charge < -0.3 is 33.5 Å². The summed E-state index contributed by atoms with van der Waals surface area (Å²) >= 11 is 0. The molecule has 2 saturated heterocycles. The number of benzene rings is 1. The molecule has 1 aromatic carbocycles. The van der Waals surface area contributed by atoms with E-state index in [-0.39, 0.29) is 31.5 Å². The highest BCUT2D eigenvalue weighted by Crippen LogP contribution is 2.56. The summed E-state index contributed by atoms with van der Waals surface area (Å²) in [6.45, 7) is 3.85. The van der Waals surface area contributed by atoms with Crippen LogP contribution < -0.4 is 5.32 Å². The Hall–Kier alpha value is -2.20. The molecule has 11 heteroatoms. The molecule has 4 rings (SSSR count). The van der Waals surface area contributed by atoms with Crippen molar-refractivity contribution in [2.45, 2.75) is 57.6 Å². The molecule has 0 bridgehead atoms. The third-order valence-electron chi connectivity index (χ3n) is 5.15. The highest BCUT2D eigenvalue weighted by Gasteiger charge is 2.46. The van der Waals surface area contributed by atoms with Gasteiger partial charge in [0.05, 0.1) is 31.0 Å². The number of urea groups is 1. The van der Waals surface area contributed by atoms with Crippen LogP contribution in [0.2, 0.25) is 0 Å². The fraction of sp³-hybridized carbons (Fsp3) is 0.476. The molecule has 2 amide bonds. The van der Waals surface area contributed by atoms with E-state index in [4.69, 9.17) is 23.0 Å². The predicted octanol–water partition coefficient (Wildman–Crippen LogP) is 2.35. The van der Waals surface area contributed by atoms with Crippen LogP contribution in [0.15, 0.2) is 36.5 Å². The molecule has 32 heavy (non-hydrogen) atoms. The largest absolute Gasteiger partial charge is 0.459 e. The summed E-state index contributed by atoms with van der Waals surface area (Å²) in [5.74, 6) is -0.425. The monoisotopic (exact) mass is 466 g/mol. The van der Waals surface area contributed by atoms with Gasteiger partial charge in [-0.25, -0.2) is 9.59 Å². The second-order valence-electron chi connectivity index (χ2n) is 7.94. The Labute approximate surface area is 186 Å². The van der Waals surface area contributed by atoms with E-state index < -0.39 is 32.0 Å². The van der Waals surface area contributed by atoms with Gasteiger partial charge in [0.1, 0.15) is 18.6 Å². The first kappa shape index (κ1) is 23.0. The molecule has 0 saturated carbocycles. The van der Waals surface area contributed by atoms with E-state index in [9.17, 15) is 14.7 Å². The van der Waals surface area contributed by atoms with Gasteiger partial charge in [-0.15, -0.1) is 0 Å². The summed E-state index contributed by atoms with van der Waals surface area (Å²) in [5, 5.41) is 11.9. The zero-order valence-electron chi connectivity index (χ0n) is 17.9. The molecule has 10 nitrogen and oxygen atoms in total. The average Bonchev–Trinajstić information content (AvgIpc) is 3.14. The summed E-state index contributed by atoms with van der Waals surface area (Å²) in [6, 6.07) is 6.57. The lowest BCUT2D eigenvalue weighted by atomic mass is 10.1. The van der Waals surface area contributed by atoms with E-state index in [0.29, 0.717) is 17.5 Å². The van der Waals surface area contributed by atoms with Crippen molar-refractivity contribution >= 4 is 25.9 Å². The van der Waals surface area contributed by atoms with Crippen molar-refractivity contribution in [3.63, 3.8) is 0 Å². The van der Waals surface area contributed by atoms with E-state index in [1.807, 2.05) is 0 Å². The summed E-state index contributed by atoms with van der Waals surface area (Å²) < 4.78 is 29.0. The quantitative estimate of drug-likeness (QED) is 0.485. The van der Waals surface area contributed by atoms with Crippen molar-refractivity contribution in [2.24, 2.45) is 0 Å². The zero-order valence-corrected chi connectivity index (χ0v) is 18.8. The van der Waals surface area contributed by atoms with Crippen molar-refractivity contribution in [2.75, 3.05) is 6.61 Å². The minimum Gasteiger partial charge on any atom is -0.459 e. The topological polar surface area (TPSA) is 116 Å². The number of nitrogens with one attached hydrogen (secondary N) is 1. The maximum atomic E-state index is 12.4. The molecular formula is C21H27N2O8P. The lowest BCUT2D eigenvalue weighted by Gasteiger charge is -2.34. The first-order chi connectivity index (χ1) is 15.2. The molecule has 2 unspecified atom stereocenters. The predicted molar refractivity (Wildman–Crippen MR) is 115 cm³/mol. The van der Waals surface area contributed by atoms with Gasteiger partial charge in [-0.1, -0.05) is 18.2 Å². The summed E-state index contributed by atoms with van der Waals surface area (Å²) in [5.41, 5.74) is 1.06. The maximum Gasteiger partial charge on any atom is 0.338 e. The molecule has 2 N–H and O–H groups in total. The molecule has 3 aliphatic heterocycles. The molecule has 2 fully saturated rings. The van der Waals surface area contributed by atoms with Crippen molar-refractivity contribution in [3.05, 3.63) is 47.7 Å². The zero-order chi connectivity index (χ0) is 22.9. The molecule has 3 aliphatic rings. The van der Waals surface area contributed by atoms with E-state index in [0.717, 1.165) is 0 Å². The smallest absolute Gasteiger partial charge is 0.338 e. The van der Waals surface area contributed by atoms with E-state index in [1.165, 1.54) is 17.2 Å². The van der Waals surface area contributed by atoms with Gasteiger partial charge in [-0.2, -0.15) is 0 Å². The molecule has 0 aromatic heterocycles. The lowest BCUT2D eigenvalue weighted by molar-refractivity contribution is -0.0704. The molecule has 5 atom stereocenters. The van der Waals surface area contributed by atoms with Gasteiger partial charge in [0.25, 0.3) is 7.57 Å². The number of amides is 2. The van der Waals surface area contributed by atoms with E-state index in [2.05, 4.69) is 11.6 Å². The van der Waals surface area contributed by atoms with Crippen LogP contribution in [0.25, 0.3) is 0 Å². The average molecular weight is 466 g/mol. The van der Waals surface area contributed by atoms with Gasteiger partial charge in [-0.3, -0.25) is 4.90 Å². The molecule has 174 valence electrons. The van der Waals surface area contributed by atoms with Crippen molar-refractivity contribution < 1.29 is 37.7 Å². The molecule has 0 radical (unpaired) electrons.